The number of benzene rings is 2. The molecular weight excluding hydrogens is 342 g/mol. The normalized spacial score (nSPS) is 13.2. The Bertz CT molecular complexity index is 673. The van der Waals surface area contributed by atoms with Gasteiger partial charge < -0.3 is 20.3 Å². The van der Waals surface area contributed by atoms with E-state index in [0.29, 0.717) is 17.3 Å². The van der Waals surface area contributed by atoms with Crippen LogP contribution in [0, 0.1) is 0 Å². The molecule has 2 atom stereocenters. The first kappa shape index (κ1) is 19.2. The molecule has 0 aliphatic carbocycles. The molecule has 0 fully saturated rings. The number of rotatable bonds is 9. The molecule has 134 valence electrons. The van der Waals surface area contributed by atoms with E-state index >= 15 is 0 Å². The van der Waals surface area contributed by atoms with Gasteiger partial charge in [-0.1, -0.05) is 35.9 Å². The zero-order valence-corrected chi connectivity index (χ0v) is 14.7. The van der Waals surface area contributed by atoms with Crippen molar-refractivity contribution in [2.45, 2.75) is 25.5 Å². The van der Waals surface area contributed by atoms with Crippen molar-refractivity contribution in [3.63, 3.8) is 0 Å². The lowest BCUT2D eigenvalue weighted by atomic mass is 10.1. The number of ether oxygens (including phenoxy) is 1. The van der Waals surface area contributed by atoms with Gasteiger partial charge in [-0.25, -0.2) is 4.79 Å². The Labute approximate surface area is 152 Å². The van der Waals surface area contributed by atoms with Crippen LogP contribution in [-0.4, -0.2) is 35.4 Å². The van der Waals surface area contributed by atoms with Crippen LogP contribution in [0.5, 0.6) is 5.75 Å². The largest absolute Gasteiger partial charge is 0.482 e. The maximum Gasteiger partial charge on any atom is 0.341 e. The number of nitrogens with one attached hydrogen (secondary N) is 1. The molecule has 25 heavy (non-hydrogen) atoms. The van der Waals surface area contributed by atoms with Gasteiger partial charge in [0.25, 0.3) is 0 Å². The highest BCUT2D eigenvalue weighted by molar-refractivity contribution is 6.30. The number of aliphatic hydroxyl groups is 1. The second-order valence-electron chi connectivity index (χ2n) is 5.91. The lowest BCUT2D eigenvalue weighted by molar-refractivity contribution is -0.139. The van der Waals surface area contributed by atoms with Gasteiger partial charge in [-0.05, 0) is 48.7 Å². The third-order valence-electron chi connectivity index (χ3n) is 3.74. The first-order chi connectivity index (χ1) is 11.9. The van der Waals surface area contributed by atoms with E-state index < -0.39 is 12.1 Å². The molecule has 2 rings (SSSR count). The number of aliphatic hydroxyl groups excluding tert-OH is 1. The van der Waals surface area contributed by atoms with Crippen LogP contribution in [0.25, 0.3) is 0 Å². The smallest absolute Gasteiger partial charge is 0.341 e. The molecule has 0 aromatic heterocycles. The minimum absolute atomic E-state index is 0.174. The van der Waals surface area contributed by atoms with Crippen LogP contribution in [0.4, 0.5) is 0 Å². The van der Waals surface area contributed by atoms with Gasteiger partial charge in [-0.2, -0.15) is 0 Å². The van der Waals surface area contributed by atoms with Gasteiger partial charge in [0.2, 0.25) is 0 Å². The van der Waals surface area contributed by atoms with Crippen molar-refractivity contribution in [3.8, 4) is 5.75 Å². The van der Waals surface area contributed by atoms with Gasteiger partial charge in [-0.15, -0.1) is 0 Å². The summed E-state index contributed by atoms with van der Waals surface area (Å²) in [5.41, 5.74) is 1.92. The van der Waals surface area contributed by atoms with Crippen molar-refractivity contribution in [2.75, 3.05) is 13.2 Å². The van der Waals surface area contributed by atoms with E-state index in [4.69, 9.17) is 21.4 Å². The second-order valence-corrected chi connectivity index (χ2v) is 6.34. The van der Waals surface area contributed by atoms with Gasteiger partial charge in [0.05, 0.1) is 6.10 Å². The maximum atomic E-state index is 10.5. The fraction of sp³-hybridized carbons (Fsp3) is 0.316. The summed E-state index contributed by atoms with van der Waals surface area (Å²) >= 11 is 5.85. The fourth-order valence-electron chi connectivity index (χ4n) is 2.41. The predicted molar refractivity (Wildman–Crippen MR) is 97.2 cm³/mol. The molecule has 5 nitrogen and oxygen atoms in total. The van der Waals surface area contributed by atoms with Crippen LogP contribution >= 0.6 is 11.6 Å². The number of carboxylic acid groups (broad SMARTS) is 1. The summed E-state index contributed by atoms with van der Waals surface area (Å²) in [5, 5.41) is 22.7. The van der Waals surface area contributed by atoms with Gasteiger partial charge in [0, 0.05) is 17.6 Å². The van der Waals surface area contributed by atoms with Crippen LogP contribution in [-0.2, 0) is 11.2 Å². The van der Waals surface area contributed by atoms with Crippen molar-refractivity contribution < 1.29 is 19.7 Å². The van der Waals surface area contributed by atoms with Crippen molar-refractivity contribution >= 4 is 17.6 Å². The summed E-state index contributed by atoms with van der Waals surface area (Å²) < 4.78 is 5.11. The fourth-order valence-corrected chi connectivity index (χ4v) is 2.53. The molecule has 0 spiro atoms. The van der Waals surface area contributed by atoms with Crippen LogP contribution in [0.2, 0.25) is 5.02 Å². The average Bonchev–Trinajstić information content (AvgIpc) is 2.59. The molecule has 3 N–H and O–H groups in total. The maximum absolute atomic E-state index is 10.5. The Balaban J connectivity index is 1.78. The monoisotopic (exact) mass is 363 g/mol. The van der Waals surface area contributed by atoms with Crippen LogP contribution < -0.4 is 10.1 Å². The van der Waals surface area contributed by atoms with E-state index in [2.05, 4.69) is 5.32 Å². The topological polar surface area (TPSA) is 78.8 Å². The number of halogens is 1. The first-order valence-electron chi connectivity index (χ1n) is 8.04. The number of hydrogen-bond acceptors (Lipinski definition) is 4. The molecule has 0 saturated heterocycles. The van der Waals surface area contributed by atoms with Crippen molar-refractivity contribution in [1.82, 2.24) is 5.32 Å². The first-order valence-corrected chi connectivity index (χ1v) is 8.42. The molecule has 6 heteroatoms. The highest BCUT2D eigenvalue weighted by Crippen LogP contribution is 2.17. The van der Waals surface area contributed by atoms with Crippen molar-refractivity contribution in [3.05, 3.63) is 64.7 Å². The Hall–Kier alpha value is -2.08. The Kier molecular flexibility index (Phi) is 7.25. The lowest BCUT2D eigenvalue weighted by Gasteiger charge is -2.18. The second kappa shape index (κ2) is 9.42. The van der Waals surface area contributed by atoms with Crippen LogP contribution in [0.15, 0.2) is 48.5 Å². The van der Waals surface area contributed by atoms with Gasteiger partial charge in [-0.3, -0.25) is 0 Å². The van der Waals surface area contributed by atoms with Crippen LogP contribution in [0.1, 0.15) is 24.2 Å². The molecule has 2 aromatic rings. The summed E-state index contributed by atoms with van der Waals surface area (Å²) in [6.45, 7) is 2.14. The van der Waals surface area contributed by atoms with E-state index in [1.54, 1.807) is 24.3 Å². The Morgan fingerprint density at radius 3 is 2.40 bits per heavy atom. The van der Waals surface area contributed by atoms with Crippen LogP contribution in [0.3, 0.4) is 0 Å². The number of aliphatic carboxylic acids is 1. The Morgan fingerprint density at radius 1 is 1.16 bits per heavy atom. The summed E-state index contributed by atoms with van der Waals surface area (Å²) in [5.74, 6) is -0.467. The molecule has 0 aliphatic heterocycles. The van der Waals surface area contributed by atoms with Gasteiger partial charge >= 0.3 is 5.97 Å². The molecule has 0 saturated carbocycles. The molecule has 2 aromatic carbocycles. The van der Waals surface area contributed by atoms with E-state index in [0.717, 1.165) is 17.5 Å². The van der Waals surface area contributed by atoms with E-state index in [1.807, 2.05) is 31.2 Å². The molecule has 0 heterocycles. The van der Waals surface area contributed by atoms with Crippen molar-refractivity contribution in [1.29, 1.82) is 0 Å². The standard InChI is InChI=1S/C19H22ClNO4/c1-13(21-11-18(22)15-4-6-16(20)7-5-15)10-14-2-8-17(9-3-14)25-12-19(23)24/h2-9,13,18,21-22H,10-12H2,1H3,(H,23,24)/t13-,18+/m1/s1. The van der Waals surface area contributed by atoms with Gasteiger partial charge in [0.15, 0.2) is 6.61 Å². The minimum atomic E-state index is -0.999. The number of carboxylic acids is 1. The lowest BCUT2D eigenvalue weighted by Crippen LogP contribution is -2.32. The predicted octanol–water partition coefficient (Wildman–Crippen LogP) is 3.06. The quantitative estimate of drug-likeness (QED) is 0.638. The van der Waals surface area contributed by atoms with E-state index in [9.17, 15) is 9.90 Å². The van der Waals surface area contributed by atoms with E-state index in [-0.39, 0.29) is 12.6 Å². The molecular formula is C19H22ClNO4. The highest BCUT2D eigenvalue weighted by atomic mass is 35.5. The third kappa shape index (κ3) is 6.74. The zero-order valence-electron chi connectivity index (χ0n) is 14.0. The highest BCUT2D eigenvalue weighted by Gasteiger charge is 2.10. The third-order valence-corrected chi connectivity index (χ3v) is 3.99. The Morgan fingerprint density at radius 2 is 1.80 bits per heavy atom. The molecule has 0 bridgehead atoms. The zero-order chi connectivity index (χ0) is 18.2. The molecule has 0 amide bonds. The average molecular weight is 364 g/mol. The summed E-state index contributed by atoms with van der Waals surface area (Å²) in [4.78, 5) is 10.5. The molecule has 0 radical (unpaired) electrons. The number of hydrogen-bond donors (Lipinski definition) is 3. The summed E-state index contributed by atoms with van der Waals surface area (Å²) in [6, 6.07) is 14.7. The van der Waals surface area contributed by atoms with E-state index in [1.165, 1.54) is 0 Å². The molecule has 0 unspecified atom stereocenters. The van der Waals surface area contributed by atoms with Crippen molar-refractivity contribution in [2.24, 2.45) is 0 Å². The van der Waals surface area contributed by atoms with Gasteiger partial charge in [0.1, 0.15) is 5.75 Å². The minimum Gasteiger partial charge on any atom is -0.482 e. The molecule has 0 aliphatic rings. The summed E-state index contributed by atoms with van der Waals surface area (Å²) in [7, 11) is 0. The number of carbonyl (C=O) groups is 1. The summed E-state index contributed by atoms with van der Waals surface area (Å²) in [6.07, 6.45) is 0.193. The SMILES string of the molecule is C[C@H](Cc1ccc(OCC(=O)O)cc1)NC[C@H](O)c1ccc(Cl)cc1.